The molecular formula is C16H22ClNO2. The summed E-state index contributed by atoms with van der Waals surface area (Å²) in [6.45, 7) is 4.55. The van der Waals surface area contributed by atoms with E-state index in [0.717, 1.165) is 30.7 Å². The van der Waals surface area contributed by atoms with Crippen LogP contribution in [0.25, 0.3) is 6.08 Å². The highest BCUT2D eigenvalue weighted by atomic mass is 35.5. The molecular weight excluding hydrogens is 274 g/mol. The summed E-state index contributed by atoms with van der Waals surface area (Å²) in [4.78, 5) is 2.07. The van der Waals surface area contributed by atoms with Gasteiger partial charge < -0.3 is 14.7 Å². The number of ether oxygens (including phenoxy) is 1. The zero-order valence-electron chi connectivity index (χ0n) is 12.3. The van der Waals surface area contributed by atoms with E-state index in [1.807, 2.05) is 39.1 Å². The fourth-order valence-corrected chi connectivity index (χ4v) is 2.74. The maximum atomic E-state index is 10.3. The number of hydrogen-bond acceptors (Lipinski definition) is 3. The first-order valence-corrected chi connectivity index (χ1v) is 7.43. The third-order valence-electron chi connectivity index (χ3n) is 3.81. The van der Waals surface area contributed by atoms with E-state index in [0.29, 0.717) is 10.6 Å². The van der Waals surface area contributed by atoms with E-state index < -0.39 is 0 Å². The van der Waals surface area contributed by atoms with E-state index in [-0.39, 0.29) is 12.0 Å². The summed E-state index contributed by atoms with van der Waals surface area (Å²) in [7, 11) is 1.99. The molecule has 4 heteroatoms. The Hall–Kier alpha value is -1.19. The van der Waals surface area contributed by atoms with Crippen LogP contribution in [-0.2, 0) is 4.74 Å². The van der Waals surface area contributed by atoms with Gasteiger partial charge in [0, 0.05) is 29.8 Å². The van der Waals surface area contributed by atoms with Gasteiger partial charge in [-0.15, -0.1) is 0 Å². The molecule has 1 saturated heterocycles. The van der Waals surface area contributed by atoms with Crippen LogP contribution in [0.1, 0.15) is 37.3 Å². The van der Waals surface area contributed by atoms with E-state index in [2.05, 4.69) is 4.90 Å². The van der Waals surface area contributed by atoms with Gasteiger partial charge in [-0.05, 0) is 39.2 Å². The zero-order chi connectivity index (χ0) is 14.7. The van der Waals surface area contributed by atoms with Crippen LogP contribution in [0.4, 0.5) is 5.69 Å². The molecule has 20 heavy (non-hydrogen) atoms. The molecule has 1 aromatic carbocycles. The molecule has 0 saturated carbocycles. The van der Waals surface area contributed by atoms with E-state index in [1.165, 1.54) is 6.42 Å². The van der Waals surface area contributed by atoms with Crippen LogP contribution in [0.15, 0.2) is 12.1 Å². The molecule has 1 unspecified atom stereocenters. The predicted octanol–water partition coefficient (Wildman–Crippen LogP) is 4.35. The maximum Gasteiger partial charge on any atom is 0.129 e. The minimum Gasteiger partial charge on any atom is -0.507 e. The Morgan fingerprint density at radius 1 is 1.45 bits per heavy atom. The summed E-state index contributed by atoms with van der Waals surface area (Å²) in [6, 6.07) is 1.91. The second kappa shape index (κ2) is 6.51. The van der Waals surface area contributed by atoms with Gasteiger partial charge >= 0.3 is 0 Å². The number of allylic oxidation sites excluding steroid dienone is 1. The van der Waals surface area contributed by atoms with Crippen LogP contribution in [0.2, 0.25) is 5.02 Å². The van der Waals surface area contributed by atoms with Gasteiger partial charge in [0.1, 0.15) is 12.0 Å². The van der Waals surface area contributed by atoms with Crippen LogP contribution >= 0.6 is 11.6 Å². The van der Waals surface area contributed by atoms with Crippen LogP contribution in [0.5, 0.6) is 5.75 Å². The average molecular weight is 296 g/mol. The highest BCUT2D eigenvalue weighted by molar-refractivity contribution is 6.32. The number of phenols is 1. The molecule has 0 aliphatic carbocycles. The Labute approximate surface area is 125 Å². The molecule has 1 fully saturated rings. The first kappa shape index (κ1) is 15.2. The van der Waals surface area contributed by atoms with Gasteiger partial charge in [0.25, 0.3) is 0 Å². The van der Waals surface area contributed by atoms with Crippen molar-refractivity contribution in [2.24, 2.45) is 0 Å². The number of phenolic OH excluding ortho intramolecular Hbond substituents is 1. The molecule has 0 bridgehead atoms. The highest BCUT2D eigenvalue weighted by Gasteiger charge is 2.23. The van der Waals surface area contributed by atoms with Crippen LogP contribution in [-0.4, -0.2) is 25.0 Å². The Morgan fingerprint density at radius 2 is 2.20 bits per heavy atom. The third kappa shape index (κ3) is 2.94. The van der Waals surface area contributed by atoms with Crippen molar-refractivity contribution in [2.45, 2.75) is 39.3 Å². The van der Waals surface area contributed by atoms with Crippen LogP contribution < -0.4 is 4.90 Å². The Kier molecular flexibility index (Phi) is 4.95. The molecule has 1 N–H and O–H groups in total. The van der Waals surface area contributed by atoms with Gasteiger partial charge in [-0.1, -0.05) is 23.8 Å². The first-order chi connectivity index (χ1) is 9.56. The van der Waals surface area contributed by atoms with Gasteiger partial charge in [0.05, 0.1) is 5.69 Å². The SMILES string of the molecule is C/C=C\c1c(N(C)C2CCCCO2)cc(Cl)c(C)c1O. The average Bonchev–Trinajstić information content (AvgIpc) is 2.48. The van der Waals surface area contributed by atoms with Gasteiger partial charge in [-0.25, -0.2) is 0 Å². The summed E-state index contributed by atoms with van der Waals surface area (Å²) < 4.78 is 5.81. The van der Waals surface area contributed by atoms with Crippen LogP contribution in [0.3, 0.4) is 0 Å². The normalized spacial score (nSPS) is 19.5. The van der Waals surface area contributed by atoms with E-state index >= 15 is 0 Å². The van der Waals surface area contributed by atoms with Gasteiger partial charge in [0.2, 0.25) is 0 Å². The molecule has 0 radical (unpaired) electrons. The summed E-state index contributed by atoms with van der Waals surface area (Å²) >= 11 is 6.22. The molecule has 0 aromatic heterocycles. The number of benzene rings is 1. The molecule has 1 aliphatic rings. The van der Waals surface area contributed by atoms with Crippen molar-refractivity contribution < 1.29 is 9.84 Å². The molecule has 0 amide bonds. The first-order valence-electron chi connectivity index (χ1n) is 7.05. The minimum absolute atomic E-state index is 0.0472. The largest absolute Gasteiger partial charge is 0.507 e. The maximum absolute atomic E-state index is 10.3. The molecule has 1 aliphatic heterocycles. The lowest BCUT2D eigenvalue weighted by molar-refractivity contribution is 0.0173. The van der Waals surface area contributed by atoms with Crippen molar-refractivity contribution in [3.8, 4) is 5.75 Å². The Bertz CT molecular complexity index is 508. The fraction of sp³-hybridized carbons (Fsp3) is 0.500. The topological polar surface area (TPSA) is 32.7 Å². The van der Waals surface area contributed by atoms with E-state index in [9.17, 15) is 5.11 Å². The van der Waals surface area contributed by atoms with Crippen LogP contribution in [0, 0.1) is 6.92 Å². The van der Waals surface area contributed by atoms with Gasteiger partial charge in [0.15, 0.2) is 0 Å². The van der Waals surface area contributed by atoms with Gasteiger partial charge in [-0.2, -0.15) is 0 Å². The van der Waals surface area contributed by atoms with Crippen molar-refractivity contribution >= 4 is 23.4 Å². The molecule has 3 nitrogen and oxygen atoms in total. The van der Waals surface area contributed by atoms with Gasteiger partial charge in [-0.3, -0.25) is 0 Å². The predicted molar refractivity (Wildman–Crippen MR) is 84.6 cm³/mol. The Balaban J connectivity index is 2.43. The quantitative estimate of drug-likeness (QED) is 0.900. The molecule has 0 spiro atoms. The summed E-state index contributed by atoms with van der Waals surface area (Å²) in [5.41, 5.74) is 2.41. The molecule has 1 heterocycles. The smallest absolute Gasteiger partial charge is 0.129 e. The Morgan fingerprint density at radius 3 is 2.80 bits per heavy atom. The van der Waals surface area contributed by atoms with Crippen molar-refractivity contribution in [2.75, 3.05) is 18.6 Å². The standard InChI is InChI=1S/C16H22ClNO2/c1-4-7-12-14(10-13(17)11(2)16(12)19)18(3)15-8-5-6-9-20-15/h4,7,10,15,19H,5-6,8-9H2,1-3H3/b7-4-. The molecule has 1 aromatic rings. The third-order valence-corrected chi connectivity index (χ3v) is 4.20. The fourth-order valence-electron chi connectivity index (χ4n) is 2.55. The number of hydrogen-bond donors (Lipinski definition) is 1. The van der Waals surface area contributed by atoms with Crippen molar-refractivity contribution in [1.82, 2.24) is 0 Å². The number of aromatic hydroxyl groups is 1. The second-order valence-electron chi connectivity index (χ2n) is 5.20. The van der Waals surface area contributed by atoms with E-state index in [4.69, 9.17) is 16.3 Å². The molecule has 1 atom stereocenters. The number of nitrogens with zero attached hydrogens (tertiary/aromatic N) is 1. The van der Waals surface area contributed by atoms with Crippen molar-refractivity contribution in [3.63, 3.8) is 0 Å². The number of anilines is 1. The number of halogens is 1. The lowest BCUT2D eigenvalue weighted by Crippen LogP contribution is -2.37. The molecule has 2 rings (SSSR count). The molecule has 110 valence electrons. The summed E-state index contributed by atoms with van der Waals surface area (Å²) in [5, 5.41) is 10.9. The zero-order valence-corrected chi connectivity index (χ0v) is 13.1. The highest BCUT2D eigenvalue weighted by Crippen LogP contribution is 2.38. The van der Waals surface area contributed by atoms with E-state index in [1.54, 1.807) is 0 Å². The number of rotatable bonds is 3. The van der Waals surface area contributed by atoms with Crippen molar-refractivity contribution in [1.29, 1.82) is 0 Å². The second-order valence-corrected chi connectivity index (χ2v) is 5.60. The summed E-state index contributed by atoms with van der Waals surface area (Å²) in [5.74, 6) is 0.244. The monoisotopic (exact) mass is 295 g/mol. The lowest BCUT2D eigenvalue weighted by Gasteiger charge is -2.34. The lowest BCUT2D eigenvalue weighted by atomic mass is 10.0. The van der Waals surface area contributed by atoms with Crippen molar-refractivity contribution in [3.05, 3.63) is 28.3 Å². The minimum atomic E-state index is 0.0472. The summed E-state index contributed by atoms with van der Waals surface area (Å²) in [6.07, 6.45) is 7.16.